The van der Waals surface area contributed by atoms with E-state index in [2.05, 4.69) is 74.3 Å². The van der Waals surface area contributed by atoms with Crippen molar-refractivity contribution in [3.05, 3.63) is 134 Å². The molecule has 0 radical (unpaired) electrons. The van der Waals surface area contributed by atoms with Crippen LogP contribution < -0.4 is 31.0 Å². The standard InChI is InChI=1S/C39H39ClN6O4Si/c1-45(2)26-12-15-29-32(18-26)51(5,6)33-19-27(46(3)4)13-16-30(33)36(29)28-14-11-25(17-31(28)38(48)49)37(47)42-21-23-7-9-24(10-8-23)22-50-35-20-34(40)43-39(41)44-35/h7-20H,21-22H2,1-6H3,(H3-,41,42,43,44,47,48,49). The van der Waals surface area contributed by atoms with Crippen LogP contribution in [0.4, 0.5) is 11.6 Å². The highest BCUT2D eigenvalue weighted by molar-refractivity contribution is 6.98. The lowest BCUT2D eigenvalue weighted by atomic mass is 9.86. The lowest BCUT2D eigenvalue weighted by molar-refractivity contribution is -0.462. The van der Waals surface area contributed by atoms with Crippen LogP contribution in [0, 0.1) is 0 Å². The summed E-state index contributed by atoms with van der Waals surface area (Å²) in [6.07, 6.45) is 6.39. The van der Waals surface area contributed by atoms with E-state index in [1.165, 1.54) is 22.5 Å². The summed E-state index contributed by atoms with van der Waals surface area (Å²) in [7, 11) is 5.83. The first-order valence-corrected chi connectivity index (χ1v) is 19.8. The molecule has 1 aromatic heterocycles. The van der Waals surface area contributed by atoms with Gasteiger partial charge < -0.3 is 30.6 Å². The normalized spacial score (nSPS) is 14.3. The number of amides is 1. The van der Waals surface area contributed by atoms with Gasteiger partial charge in [0.1, 0.15) is 33.9 Å². The van der Waals surface area contributed by atoms with Gasteiger partial charge in [-0.1, -0.05) is 61.1 Å². The van der Waals surface area contributed by atoms with Crippen LogP contribution in [0.5, 0.6) is 5.88 Å². The average molecular weight is 719 g/mol. The number of carbonyl (C=O) groups is 2. The smallest absolute Gasteiger partial charge is 0.251 e. The van der Waals surface area contributed by atoms with Crippen LogP contribution in [0.1, 0.15) is 43.0 Å². The van der Waals surface area contributed by atoms with Crippen LogP contribution in [0.25, 0.3) is 5.57 Å². The Labute approximate surface area is 303 Å². The Morgan fingerprint density at radius 1 is 0.961 bits per heavy atom. The molecule has 0 saturated carbocycles. The molecule has 1 aliphatic heterocycles. The number of benzene rings is 3. The molecule has 12 heteroatoms. The molecule has 4 aromatic rings. The zero-order valence-electron chi connectivity index (χ0n) is 29.4. The van der Waals surface area contributed by atoms with Gasteiger partial charge in [-0.2, -0.15) is 4.98 Å². The Balaban J connectivity index is 1.28. The van der Waals surface area contributed by atoms with Gasteiger partial charge in [0.15, 0.2) is 5.71 Å². The second-order valence-corrected chi connectivity index (χ2v) is 18.2. The fourth-order valence-corrected chi connectivity index (χ4v) is 9.68. The van der Waals surface area contributed by atoms with E-state index in [1.54, 1.807) is 12.1 Å². The van der Waals surface area contributed by atoms with Crippen molar-refractivity contribution in [3.8, 4) is 5.88 Å². The Bertz CT molecular complexity index is 2180. The van der Waals surface area contributed by atoms with Gasteiger partial charge >= 0.3 is 0 Å². The van der Waals surface area contributed by atoms with Crippen LogP contribution in [-0.4, -0.2) is 68.4 Å². The number of nitrogens with two attached hydrogens (primary N) is 1. The second kappa shape index (κ2) is 14.0. The van der Waals surface area contributed by atoms with Crippen molar-refractivity contribution >= 4 is 59.7 Å². The molecule has 0 bridgehead atoms. The zero-order chi connectivity index (χ0) is 36.6. The van der Waals surface area contributed by atoms with Crippen molar-refractivity contribution in [2.45, 2.75) is 26.2 Å². The highest BCUT2D eigenvalue weighted by Crippen LogP contribution is 2.42. The number of allylic oxidation sites excluding steroid dienone is 5. The number of halogens is 1. The summed E-state index contributed by atoms with van der Waals surface area (Å²) in [6, 6.07) is 20.2. The quantitative estimate of drug-likeness (QED) is 0.150. The first kappa shape index (κ1) is 35.3. The number of ether oxygens (including phenoxy) is 1. The van der Waals surface area contributed by atoms with Gasteiger partial charge in [-0.15, -0.1) is 0 Å². The number of anilines is 2. The molecule has 0 atom stereocenters. The molecular weight excluding hydrogens is 680 g/mol. The third kappa shape index (κ3) is 7.21. The third-order valence-electron chi connectivity index (χ3n) is 9.25. The Morgan fingerprint density at radius 3 is 2.33 bits per heavy atom. The first-order valence-electron chi connectivity index (χ1n) is 16.4. The minimum atomic E-state index is -2.23. The molecule has 10 nitrogen and oxygen atoms in total. The summed E-state index contributed by atoms with van der Waals surface area (Å²) in [4.78, 5) is 36.0. The first-order chi connectivity index (χ1) is 24.2. The maximum absolute atomic E-state index is 13.4. The molecule has 1 aliphatic carbocycles. The molecule has 2 heterocycles. The van der Waals surface area contributed by atoms with E-state index in [0.717, 1.165) is 39.2 Å². The molecule has 51 heavy (non-hydrogen) atoms. The van der Waals surface area contributed by atoms with Crippen molar-refractivity contribution < 1.29 is 24.0 Å². The number of hydrogen-bond acceptors (Lipinski definition) is 8. The summed E-state index contributed by atoms with van der Waals surface area (Å²) < 4.78 is 7.75. The molecule has 6 rings (SSSR count). The van der Waals surface area contributed by atoms with E-state index < -0.39 is 20.0 Å². The maximum Gasteiger partial charge on any atom is 0.251 e. The number of fused-ring (bicyclic) bond motifs is 2. The van der Waals surface area contributed by atoms with Gasteiger partial charge in [-0.25, -0.2) is 9.56 Å². The molecule has 260 valence electrons. The minimum absolute atomic E-state index is 0.0244. The molecule has 3 aromatic carbocycles. The lowest BCUT2D eigenvalue weighted by Gasteiger charge is -2.38. The lowest BCUT2D eigenvalue weighted by Crippen LogP contribution is -2.50. The summed E-state index contributed by atoms with van der Waals surface area (Å²) in [5.74, 6) is -1.46. The highest BCUT2D eigenvalue weighted by atomic mass is 35.5. The van der Waals surface area contributed by atoms with E-state index in [4.69, 9.17) is 22.1 Å². The highest BCUT2D eigenvalue weighted by Gasteiger charge is 2.41. The molecule has 1 amide bonds. The fourth-order valence-electron chi connectivity index (χ4n) is 6.43. The average Bonchev–Trinajstić information content (AvgIpc) is 3.09. The number of aromatic nitrogens is 2. The van der Waals surface area contributed by atoms with Crippen molar-refractivity contribution in [2.24, 2.45) is 0 Å². The van der Waals surface area contributed by atoms with Crippen LogP contribution in [0.15, 0.2) is 95.7 Å². The number of carboxylic acids is 1. The minimum Gasteiger partial charge on any atom is -0.545 e. The van der Waals surface area contributed by atoms with Crippen molar-refractivity contribution in [1.29, 1.82) is 0 Å². The second-order valence-electron chi connectivity index (χ2n) is 13.5. The summed E-state index contributed by atoms with van der Waals surface area (Å²) in [5, 5.41) is 18.3. The van der Waals surface area contributed by atoms with Crippen LogP contribution in [-0.2, 0) is 13.2 Å². The predicted molar refractivity (Wildman–Crippen MR) is 202 cm³/mol. The van der Waals surface area contributed by atoms with E-state index >= 15 is 0 Å². The molecule has 2 aliphatic rings. The number of rotatable bonds is 9. The number of nitrogens with zero attached hydrogens (tertiary/aromatic N) is 4. The summed E-state index contributed by atoms with van der Waals surface area (Å²) in [6.45, 7) is 5.14. The van der Waals surface area contributed by atoms with Crippen LogP contribution in [0.3, 0.4) is 0 Å². The number of aromatic carboxylic acids is 1. The SMILES string of the molecule is CN(C)c1ccc2c(c1)[Si](C)(C)C1=CC(=[N+](C)C)C=CC1=C2c1ccc(C(=O)NCc2ccc(COc3cc(Cl)nc(N)n3)cc2)cc1C(=O)[O-]. The van der Waals surface area contributed by atoms with Crippen molar-refractivity contribution in [3.63, 3.8) is 0 Å². The molecule has 0 unspecified atom stereocenters. The Kier molecular flexibility index (Phi) is 9.70. The van der Waals surface area contributed by atoms with Gasteiger partial charge in [0.2, 0.25) is 11.8 Å². The van der Waals surface area contributed by atoms with E-state index in [-0.39, 0.29) is 41.3 Å². The monoisotopic (exact) mass is 718 g/mol. The van der Waals surface area contributed by atoms with Gasteiger partial charge in [-0.05, 0) is 74.1 Å². The number of hydrogen-bond donors (Lipinski definition) is 2. The van der Waals surface area contributed by atoms with Crippen molar-refractivity contribution in [1.82, 2.24) is 15.3 Å². The Morgan fingerprint density at radius 2 is 1.67 bits per heavy atom. The number of carboxylic acid groups (broad SMARTS) is 1. The van der Waals surface area contributed by atoms with Gasteiger partial charge in [0.25, 0.3) is 5.91 Å². The largest absolute Gasteiger partial charge is 0.545 e. The van der Waals surface area contributed by atoms with E-state index in [1.807, 2.05) is 52.5 Å². The summed E-state index contributed by atoms with van der Waals surface area (Å²) in [5.41, 5.74) is 13.0. The Hall–Kier alpha value is -5.52. The van der Waals surface area contributed by atoms with Gasteiger partial charge in [0, 0.05) is 55.7 Å². The molecule has 0 saturated heterocycles. The van der Waals surface area contributed by atoms with Crippen LogP contribution in [0.2, 0.25) is 18.2 Å². The number of carbonyl (C=O) groups excluding carboxylic acids is 2. The van der Waals surface area contributed by atoms with Crippen molar-refractivity contribution in [2.75, 3.05) is 38.8 Å². The number of nitrogens with one attached hydrogen (secondary N) is 1. The molecule has 0 spiro atoms. The molecule has 3 N–H and O–H groups in total. The topological polar surface area (TPSA) is 137 Å². The van der Waals surface area contributed by atoms with Crippen LogP contribution >= 0.6 is 11.6 Å². The molecular formula is C39H39ClN6O4Si. The number of nitrogen functional groups attached to an aromatic ring is 1. The van der Waals surface area contributed by atoms with E-state index in [9.17, 15) is 14.7 Å². The van der Waals surface area contributed by atoms with Gasteiger partial charge in [0.05, 0.1) is 5.97 Å². The summed E-state index contributed by atoms with van der Waals surface area (Å²) >= 11 is 5.92. The van der Waals surface area contributed by atoms with Gasteiger partial charge in [-0.3, -0.25) is 4.79 Å². The maximum atomic E-state index is 13.4. The fraction of sp³-hybridized carbons (Fsp3) is 0.205. The third-order valence-corrected chi connectivity index (χ3v) is 13.0. The molecule has 0 fully saturated rings. The van der Waals surface area contributed by atoms with E-state index in [0.29, 0.717) is 5.56 Å². The zero-order valence-corrected chi connectivity index (χ0v) is 31.1. The predicted octanol–water partition coefficient (Wildman–Crippen LogP) is 4.13.